The van der Waals surface area contributed by atoms with Gasteiger partial charge in [0.1, 0.15) is 5.82 Å². The van der Waals surface area contributed by atoms with Gasteiger partial charge in [-0.2, -0.15) is 0 Å². The number of aromatic nitrogens is 2. The molecule has 2 aromatic heterocycles. The maximum Gasteiger partial charge on any atom is 0.145 e. The Bertz CT molecular complexity index is 2650. The van der Waals surface area contributed by atoms with E-state index in [-0.39, 0.29) is 0 Å². The molecule has 2 heterocycles. The molecule has 0 N–H and O–H groups in total. The van der Waals surface area contributed by atoms with E-state index < -0.39 is 0 Å². The number of nitrogens with zero attached hydrogens (tertiary/aromatic N) is 2. The minimum Gasteiger partial charge on any atom is -0.291 e. The highest BCUT2D eigenvalue weighted by molar-refractivity contribution is 6.23. The van der Waals surface area contributed by atoms with Gasteiger partial charge >= 0.3 is 0 Å². The standard InChI is InChI=1S/C45H30N2/c1-3-13-29(14-4-1)30-23-25-31(26-24-30)42-35-18-7-9-20-37(35)43(38-21-10-8-19-36(38)42)33-27-39-34-17-11-12-22-41(34)47-44(39)40(28-33)46-45(47)32-15-5-2-6-16-32/h2-3,5-28H,1,4H2. The summed E-state index contributed by atoms with van der Waals surface area (Å²) in [5, 5.41) is 7.52. The average Bonchev–Trinajstić information content (AvgIpc) is 3.70. The largest absolute Gasteiger partial charge is 0.291 e. The van der Waals surface area contributed by atoms with Crippen LogP contribution in [0.4, 0.5) is 0 Å². The Balaban J connectivity index is 1.25. The van der Waals surface area contributed by atoms with Crippen molar-refractivity contribution in [3.05, 3.63) is 163 Å². The van der Waals surface area contributed by atoms with Crippen LogP contribution in [0.25, 0.3) is 88.1 Å². The van der Waals surface area contributed by atoms with Crippen LogP contribution in [-0.2, 0) is 0 Å². The van der Waals surface area contributed by atoms with Gasteiger partial charge in [0.2, 0.25) is 0 Å². The smallest absolute Gasteiger partial charge is 0.145 e. The number of hydrogen-bond donors (Lipinski definition) is 0. The molecule has 2 heteroatoms. The van der Waals surface area contributed by atoms with Gasteiger partial charge in [-0.3, -0.25) is 4.40 Å². The molecule has 0 amide bonds. The zero-order valence-electron chi connectivity index (χ0n) is 25.8. The maximum atomic E-state index is 5.31. The molecule has 0 unspecified atom stereocenters. The van der Waals surface area contributed by atoms with E-state index in [4.69, 9.17) is 4.98 Å². The molecule has 0 atom stereocenters. The van der Waals surface area contributed by atoms with Gasteiger partial charge in [0.05, 0.1) is 16.6 Å². The SMILES string of the molecule is C1=CC(c2ccc(-c3c4ccccc4c(-c4cc5nc(-c6ccccc6)n6c7ccccc7c(c4)c56)c4ccccc34)cc2)=CCC1. The van der Waals surface area contributed by atoms with Crippen molar-refractivity contribution in [2.45, 2.75) is 12.8 Å². The molecule has 9 aromatic rings. The highest BCUT2D eigenvalue weighted by Gasteiger charge is 2.22. The lowest BCUT2D eigenvalue weighted by Gasteiger charge is -2.18. The minimum absolute atomic E-state index is 0.983. The van der Waals surface area contributed by atoms with E-state index in [0.717, 1.165) is 29.7 Å². The highest BCUT2D eigenvalue weighted by Crippen LogP contribution is 2.46. The number of allylic oxidation sites excluding steroid dienone is 4. The second-order valence-electron chi connectivity index (χ2n) is 12.6. The third-order valence-electron chi connectivity index (χ3n) is 9.94. The van der Waals surface area contributed by atoms with Crippen LogP contribution in [0.15, 0.2) is 158 Å². The van der Waals surface area contributed by atoms with Crippen LogP contribution in [0.3, 0.4) is 0 Å². The Hall–Kier alpha value is -5.99. The summed E-state index contributed by atoms with van der Waals surface area (Å²) in [5.74, 6) is 0.983. The van der Waals surface area contributed by atoms with E-state index in [1.807, 2.05) is 0 Å². The first-order chi connectivity index (χ1) is 23.3. The van der Waals surface area contributed by atoms with Crippen molar-refractivity contribution in [3.63, 3.8) is 0 Å². The van der Waals surface area contributed by atoms with Crippen LogP contribution in [0.2, 0.25) is 0 Å². The van der Waals surface area contributed by atoms with Gasteiger partial charge in [-0.15, -0.1) is 0 Å². The summed E-state index contributed by atoms with van der Waals surface area (Å²) >= 11 is 0. The Labute approximate surface area is 272 Å². The van der Waals surface area contributed by atoms with E-state index in [1.54, 1.807) is 0 Å². The second-order valence-corrected chi connectivity index (χ2v) is 12.6. The first-order valence-electron chi connectivity index (χ1n) is 16.5. The molecule has 47 heavy (non-hydrogen) atoms. The molecule has 0 saturated carbocycles. The topological polar surface area (TPSA) is 17.3 Å². The van der Waals surface area contributed by atoms with E-state index in [2.05, 4.69) is 162 Å². The fraction of sp³-hybridized carbons (Fsp3) is 0.0444. The van der Waals surface area contributed by atoms with E-state index in [0.29, 0.717) is 0 Å². The fourth-order valence-corrected chi connectivity index (χ4v) is 7.88. The molecule has 2 nitrogen and oxygen atoms in total. The molecular weight excluding hydrogens is 569 g/mol. The molecular formula is C45H30N2. The van der Waals surface area contributed by atoms with Crippen LogP contribution in [0.1, 0.15) is 18.4 Å². The summed E-state index contributed by atoms with van der Waals surface area (Å²) in [6.07, 6.45) is 9.12. The molecule has 0 fully saturated rings. The maximum absolute atomic E-state index is 5.31. The zero-order chi connectivity index (χ0) is 30.9. The van der Waals surface area contributed by atoms with Crippen molar-refractivity contribution in [2.24, 2.45) is 0 Å². The Morgan fingerprint density at radius 1 is 0.468 bits per heavy atom. The van der Waals surface area contributed by atoms with Gasteiger partial charge < -0.3 is 0 Å². The molecule has 7 aromatic carbocycles. The molecule has 0 spiro atoms. The number of imidazole rings is 1. The van der Waals surface area contributed by atoms with Gasteiger partial charge in [-0.25, -0.2) is 4.98 Å². The van der Waals surface area contributed by atoms with Crippen molar-refractivity contribution in [3.8, 4) is 33.6 Å². The van der Waals surface area contributed by atoms with E-state index in [1.165, 1.54) is 76.7 Å². The van der Waals surface area contributed by atoms with Crippen LogP contribution in [0, 0.1) is 0 Å². The number of benzene rings is 7. The Morgan fingerprint density at radius 3 is 1.72 bits per heavy atom. The monoisotopic (exact) mass is 598 g/mol. The number of para-hydroxylation sites is 1. The normalized spacial score (nSPS) is 13.4. The summed E-state index contributed by atoms with van der Waals surface area (Å²) < 4.78 is 2.35. The van der Waals surface area contributed by atoms with Crippen molar-refractivity contribution in [1.82, 2.24) is 9.38 Å². The number of hydrogen-bond acceptors (Lipinski definition) is 1. The first kappa shape index (κ1) is 26.2. The van der Waals surface area contributed by atoms with Crippen molar-refractivity contribution >= 4 is 54.4 Å². The predicted octanol–water partition coefficient (Wildman–Crippen LogP) is 12.1. The Morgan fingerprint density at radius 2 is 1.06 bits per heavy atom. The van der Waals surface area contributed by atoms with Gasteiger partial charge in [-0.05, 0) is 86.0 Å². The zero-order valence-corrected chi connectivity index (χ0v) is 25.8. The van der Waals surface area contributed by atoms with Crippen molar-refractivity contribution in [2.75, 3.05) is 0 Å². The second kappa shape index (κ2) is 10.3. The van der Waals surface area contributed by atoms with Crippen molar-refractivity contribution in [1.29, 1.82) is 0 Å². The molecule has 10 rings (SSSR count). The first-order valence-corrected chi connectivity index (χ1v) is 16.5. The fourth-order valence-electron chi connectivity index (χ4n) is 7.88. The molecule has 1 aliphatic carbocycles. The molecule has 1 aliphatic rings. The number of rotatable bonds is 4. The molecule has 220 valence electrons. The highest BCUT2D eigenvalue weighted by atomic mass is 15.0. The predicted molar refractivity (Wildman–Crippen MR) is 199 cm³/mol. The summed E-state index contributed by atoms with van der Waals surface area (Å²) in [6, 6.07) is 51.0. The summed E-state index contributed by atoms with van der Waals surface area (Å²) in [6.45, 7) is 0. The summed E-state index contributed by atoms with van der Waals surface area (Å²) in [5.41, 5.74) is 12.1. The third kappa shape index (κ3) is 3.95. The van der Waals surface area contributed by atoms with Gasteiger partial charge in [0.25, 0.3) is 0 Å². The van der Waals surface area contributed by atoms with Crippen LogP contribution in [-0.4, -0.2) is 9.38 Å². The lowest BCUT2D eigenvalue weighted by Crippen LogP contribution is -1.92. The molecule has 0 radical (unpaired) electrons. The van der Waals surface area contributed by atoms with Gasteiger partial charge in [0.15, 0.2) is 0 Å². The van der Waals surface area contributed by atoms with Gasteiger partial charge in [-0.1, -0.05) is 140 Å². The van der Waals surface area contributed by atoms with Gasteiger partial charge in [0, 0.05) is 16.3 Å². The summed E-state index contributed by atoms with van der Waals surface area (Å²) in [4.78, 5) is 5.31. The Kier molecular flexibility index (Phi) is 5.73. The lowest BCUT2D eigenvalue weighted by atomic mass is 9.85. The molecule has 0 aliphatic heterocycles. The van der Waals surface area contributed by atoms with Crippen LogP contribution in [0.5, 0.6) is 0 Å². The van der Waals surface area contributed by atoms with E-state index >= 15 is 0 Å². The number of fused-ring (bicyclic) bond motifs is 5. The summed E-state index contributed by atoms with van der Waals surface area (Å²) in [7, 11) is 0. The van der Waals surface area contributed by atoms with Crippen LogP contribution < -0.4 is 0 Å². The molecule has 0 bridgehead atoms. The van der Waals surface area contributed by atoms with E-state index in [9.17, 15) is 0 Å². The third-order valence-corrected chi connectivity index (χ3v) is 9.94. The van der Waals surface area contributed by atoms with Crippen LogP contribution >= 0.6 is 0 Å². The lowest BCUT2D eigenvalue weighted by molar-refractivity contribution is 1.04. The average molecular weight is 599 g/mol. The van der Waals surface area contributed by atoms with Crippen molar-refractivity contribution < 1.29 is 0 Å². The molecule has 0 saturated heterocycles. The minimum atomic E-state index is 0.983. The quantitative estimate of drug-likeness (QED) is 0.184.